The standard InChI is InChI=1S/C20H21F4N5O2/c1-11(2)18(30)27-17-14-9-29(28-15(14)4-5-25-17)8-13-6-12(3)16(7-26-13)31-10-20(23,24)19(21)22/h4-7,9,11,19H,8,10H2,1-3H3,(H,25,27,30). The highest BCUT2D eigenvalue weighted by Crippen LogP contribution is 2.26. The first kappa shape index (κ1) is 22.4. The maximum absolute atomic E-state index is 13.0. The highest BCUT2D eigenvalue weighted by Gasteiger charge is 2.41. The molecule has 0 aromatic carbocycles. The molecule has 0 aliphatic heterocycles. The Bertz CT molecular complexity index is 1080. The fourth-order valence-corrected chi connectivity index (χ4v) is 2.68. The molecule has 1 amide bonds. The molecule has 0 aliphatic rings. The summed E-state index contributed by atoms with van der Waals surface area (Å²) in [7, 11) is 0. The lowest BCUT2D eigenvalue weighted by molar-refractivity contribution is -0.148. The molecular formula is C20H21F4N5O2. The maximum atomic E-state index is 13.0. The summed E-state index contributed by atoms with van der Waals surface area (Å²) in [5, 5.41) is 7.85. The van der Waals surface area contributed by atoms with Crippen molar-refractivity contribution in [3.63, 3.8) is 0 Å². The van der Waals surface area contributed by atoms with Gasteiger partial charge in [-0.15, -0.1) is 0 Å². The van der Waals surface area contributed by atoms with Crippen LogP contribution in [0.1, 0.15) is 25.1 Å². The minimum absolute atomic E-state index is 0.00224. The second-order valence-corrected chi connectivity index (χ2v) is 7.35. The van der Waals surface area contributed by atoms with E-state index >= 15 is 0 Å². The number of carbonyl (C=O) groups excluding carboxylic acids is 1. The zero-order valence-corrected chi connectivity index (χ0v) is 17.1. The van der Waals surface area contributed by atoms with Crippen LogP contribution in [0.15, 0.2) is 30.7 Å². The molecule has 0 radical (unpaired) electrons. The number of ether oxygens (including phenoxy) is 1. The average molecular weight is 439 g/mol. The highest BCUT2D eigenvalue weighted by molar-refractivity contribution is 5.99. The first-order valence-corrected chi connectivity index (χ1v) is 9.44. The Balaban J connectivity index is 1.75. The number of anilines is 1. The van der Waals surface area contributed by atoms with Crippen molar-refractivity contribution in [2.45, 2.75) is 39.7 Å². The van der Waals surface area contributed by atoms with Crippen LogP contribution in [0.2, 0.25) is 0 Å². The van der Waals surface area contributed by atoms with Gasteiger partial charge in [0.05, 0.1) is 29.3 Å². The number of rotatable bonds is 8. The molecule has 0 bridgehead atoms. The predicted octanol–water partition coefficient (Wildman–Crippen LogP) is 4.06. The van der Waals surface area contributed by atoms with Gasteiger partial charge in [0.2, 0.25) is 5.91 Å². The van der Waals surface area contributed by atoms with Crippen LogP contribution in [0, 0.1) is 12.8 Å². The second kappa shape index (κ2) is 8.86. The number of pyridine rings is 2. The van der Waals surface area contributed by atoms with Crippen molar-refractivity contribution in [3.8, 4) is 5.75 Å². The average Bonchev–Trinajstić information content (AvgIpc) is 3.10. The maximum Gasteiger partial charge on any atom is 0.340 e. The summed E-state index contributed by atoms with van der Waals surface area (Å²) in [6.07, 6.45) is 0.659. The zero-order chi connectivity index (χ0) is 22.8. The first-order chi connectivity index (χ1) is 14.6. The molecule has 7 nitrogen and oxygen atoms in total. The van der Waals surface area contributed by atoms with E-state index in [1.54, 1.807) is 50.0 Å². The van der Waals surface area contributed by atoms with Crippen LogP contribution >= 0.6 is 0 Å². The van der Waals surface area contributed by atoms with Gasteiger partial charge in [-0.3, -0.25) is 14.5 Å². The number of nitrogens with one attached hydrogen (secondary N) is 1. The van der Waals surface area contributed by atoms with Crippen LogP contribution in [0.25, 0.3) is 10.9 Å². The third-order valence-electron chi connectivity index (χ3n) is 4.43. The van der Waals surface area contributed by atoms with Gasteiger partial charge in [0.15, 0.2) is 6.61 Å². The molecule has 0 fully saturated rings. The molecule has 3 aromatic rings. The molecule has 0 saturated heterocycles. The van der Waals surface area contributed by atoms with Gasteiger partial charge in [-0.1, -0.05) is 13.8 Å². The van der Waals surface area contributed by atoms with Gasteiger partial charge in [-0.2, -0.15) is 13.9 Å². The summed E-state index contributed by atoms with van der Waals surface area (Å²) >= 11 is 0. The van der Waals surface area contributed by atoms with E-state index in [1.165, 1.54) is 6.20 Å². The third kappa shape index (κ3) is 5.28. The van der Waals surface area contributed by atoms with Crippen LogP contribution in [0.5, 0.6) is 5.75 Å². The minimum atomic E-state index is -4.24. The summed E-state index contributed by atoms with van der Waals surface area (Å²) in [4.78, 5) is 20.3. The lowest BCUT2D eigenvalue weighted by atomic mass is 10.2. The van der Waals surface area contributed by atoms with Crippen molar-refractivity contribution < 1.29 is 27.1 Å². The van der Waals surface area contributed by atoms with Gasteiger partial charge in [-0.05, 0) is 24.6 Å². The number of halogens is 4. The highest BCUT2D eigenvalue weighted by atomic mass is 19.3. The molecule has 11 heteroatoms. The summed E-state index contributed by atoms with van der Waals surface area (Å²) in [6, 6.07) is 3.30. The van der Waals surface area contributed by atoms with E-state index in [9.17, 15) is 22.4 Å². The number of hydrogen-bond donors (Lipinski definition) is 1. The van der Waals surface area contributed by atoms with Crippen LogP contribution in [0.3, 0.4) is 0 Å². The second-order valence-electron chi connectivity index (χ2n) is 7.35. The van der Waals surface area contributed by atoms with E-state index in [4.69, 9.17) is 4.74 Å². The molecule has 166 valence electrons. The third-order valence-corrected chi connectivity index (χ3v) is 4.43. The first-order valence-electron chi connectivity index (χ1n) is 9.44. The molecule has 0 saturated carbocycles. The van der Waals surface area contributed by atoms with Gasteiger partial charge in [0.1, 0.15) is 11.6 Å². The minimum Gasteiger partial charge on any atom is -0.485 e. The Morgan fingerprint density at radius 2 is 2.03 bits per heavy atom. The number of fused-ring (bicyclic) bond motifs is 1. The zero-order valence-electron chi connectivity index (χ0n) is 17.1. The van der Waals surface area contributed by atoms with Crippen molar-refractivity contribution in [2.24, 2.45) is 5.92 Å². The molecule has 0 atom stereocenters. The van der Waals surface area contributed by atoms with Gasteiger partial charge in [0.25, 0.3) is 0 Å². The van der Waals surface area contributed by atoms with Crippen molar-refractivity contribution in [3.05, 3.63) is 42.0 Å². The molecule has 0 aliphatic carbocycles. The van der Waals surface area contributed by atoms with Gasteiger partial charge < -0.3 is 10.1 Å². The lowest BCUT2D eigenvalue weighted by Crippen LogP contribution is -2.33. The van der Waals surface area contributed by atoms with Gasteiger partial charge in [0, 0.05) is 18.3 Å². The predicted molar refractivity (Wildman–Crippen MR) is 106 cm³/mol. The number of carbonyl (C=O) groups is 1. The fourth-order valence-electron chi connectivity index (χ4n) is 2.68. The largest absolute Gasteiger partial charge is 0.485 e. The molecule has 3 rings (SSSR count). The molecule has 31 heavy (non-hydrogen) atoms. The summed E-state index contributed by atoms with van der Waals surface area (Å²) in [5.41, 5.74) is 1.65. The SMILES string of the molecule is Cc1cc(Cn2cc3c(NC(=O)C(C)C)nccc3n2)ncc1OCC(F)(F)C(F)F. The number of hydrogen-bond acceptors (Lipinski definition) is 5. The van der Waals surface area contributed by atoms with E-state index < -0.39 is 19.0 Å². The van der Waals surface area contributed by atoms with Crippen molar-refractivity contribution in [1.29, 1.82) is 0 Å². The Kier molecular flexibility index (Phi) is 6.42. The smallest absolute Gasteiger partial charge is 0.340 e. The van der Waals surface area contributed by atoms with Gasteiger partial charge in [-0.25, -0.2) is 13.8 Å². The molecule has 3 heterocycles. The van der Waals surface area contributed by atoms with Crippen molar-refractivity contribution >= 4 is 22.6 Å². The lowest BCUT2D eigenvalue weighted by Gasteiger charge is -2.17. The van der Waals surface area contributed by atoms with Crippen LogP contribution in [0.4, 0.5) is 23.4 Å². The van der Waals surface area contributed by atoms with Gasteiger partial charge >= 0.3 is 12.3 Å². The molecule has 0 spiro atoms. The van der Waals surface area contributed by atoms with E-state index in [0.29, 0.717) is 28.0 Å². The quantitative estimate of drug-likeness (QED) is 0.536. The Morgan fingerprint density at radius 1 is 1.29 bits per heavy atom. The Morgan fingerprint density at radius 3 is 2.68 bits per heavy atom. The van der Waals surface area contributed by atoms with E-state index in [2.05, 4.69) is 20.4 Å². The molecule has 0 unspecified atom stereocenters. The fraction of sp³-hybridized carbons (Fsp3) is 0.400. The molecule has 1 N–H and O–H groups in total. The number of amides is 1. The number of aryl methyl sites for hydroxylation is 1. The van der Waals surface area contributed by atoms with E-state index in [0.717, 1.165) is 0 Å². The van der Waals surface area contributed by atoms with Crippen LogP contribution in [-0.2, 0) is 11.3 Å². The van der Waals surface area contributed by atoms with Crippen LogP contribution < -0.4 is 10.1 Å². The number of nitrogens with zero attached hydrogens (tertiary/aromatic N) is 4. The summed E-state index contributed by atoms with van der Waals surface area (Å²) in [6.45, 7) is 3.96. The van der Waals surface area contributed by atoms with Crippen molar-refractivity contribution in [2.75, 3.05) is 11.9 Å². The Labute approximate surface area is 175 Å². The van der Waals surface area contributed by atoms with E-state index in [1.807, 2.05) is 0 Å². The van der Waals surface area contributed by atoms with Crippen LogP contribution in [-0.4, -0.2) is 44.6 Å². The molecular weight excluding hydrogens is 418 g/mol. The summed E-state index contributed by atoms with van der Waals surface area (Å²) < 4.78 is 57.1. The van der Waals surface area contributed by atoms with E-state index in [-0.39, 0.29) is 24.1 Å². The van der Waals surface area contributed by atoms with Crippen molar-refractivity contribution in [1.82, 2.24) is 19.7 Å². The number of aromatic nitrogens is 4. The Hall–Kier alpha value is -3.24. The summed E-state index contributed by atoms with van der Waals surface area (Å²) in [5.74, 6) is -4.22. The number of alkyl halides is 4. The molecule has 3 aromatic heterocycles. The topological polar surface area (TPSA) is 81.9 Å². The monoisotopic (exact) mass is 439 g/mol. The normalized spacial score (nSPS) is 12.0.